The Hall–Kier alpha value is -1.80. The molecule has 0 atom stereocenters. The zero-order valence-corrected chi connectivity index (χ0v) is 10.6. The van der Waals surface area contributed by atoms with E-state index in [2.05, 4.69) is 11.2 Å². The highest BCUT2D eigenvalue weighted by Gasteiger charge is 2.12. The largest absolute Gasteiger partial charge is 0.486 e. The third-order valence-electron chi connectivity index (χ3n) is 2.27. The van der Waals surface area contributed by atoms with Crippen LogP contribution in [0.1, 0.15) is 0 Å². The van der Waals surface area contributed by atoms with E-state index >= 15 is 0 Å². The predicted octanol–water partition coefficient (Wildman–Crippen LogP) is 1.30. The number of ether oxygens (including phenoxy) is 2. The van der Waals surface area contributed by atoms with E-state index in [1.807, 2.05) is 18.2 Å². The van der Waals surface area contributed by atoms with Crippen molar-refractivity contribution in [3.05, 3.63) is 18.2 Å². The minimum atomic E-state index is -0.0761. The lowest BCUT2D eigenvalue weighted by atomic mass is 10.3. The van der Waals surface area contributed by atoms with Gasteiger partial charge in [0.2, 0.25) is 5.91 Å². The molecular weight excluding hydrogens is 250 g/mol. The molecule has 5 heteroatoms. The van der Waals surface area contributed by atoms with Gasteiger partial charge in [-0.2, -0.15) is 0 Å². The summed E-state index contributed by atoms with van der Waals surface area (Å²) in [6.07, 6.45) is 5.06. The van der Waals surface area contributed by atoms with Crippen LogP contribution < -0.4 is 14.8 Å². The van der Waals surface area contributed by atoms with E-state index in [9.17, 15) is 4.79 Å². The summed E-state index contributed by atoms with van der Waals surface area (Å²) >= 11 is 1.44. The monoisotopic (exact) mass is 263 g/mol. The molecule has 0 fully saturated rings. The van der Waals surface area contributed by atoms with Crippen LogP contribution in [-0.4, -0.2) is 31.4 Å². The van der Waals surface area contributed by atoms with Gasteiger partial charge >= 0.3 is 0 Å². The second-order valence-electron chi connectivity index (χ2n) is 3.57. The summed E-state index contributed by atoms with van der Waals surface area (Å²) in [5.41, 5.74) is 0. The first-order valence-corrected chi connectivity index (χ1v) is 6.51. The van der Waals surface area contributed by atoms with Gasteiger partial charge in [-0.1, -0.05) is 5.92 Å². The van der Waals surface area contributed by atoms with Crippen LogP contribution in [0.25, 0.3) is 0 Å². The zero-order valence-electron chi connectivity index (χ0n) is 9.77. The van der Waals surface area contributed by atoms with Crippen molar-refractivity contribution in [1.29, 1.82) is 0 Å². The van der Waals surface area contributed by atoms with Crippen LogP contribution in [-0.2, 0) is 4.79 Å². The number of terminal acetylenes is 1. The molecule has 0 radical (unpaired) electrons. The van der Waals surface area contributed by atoms with Crippen LogP contribution in [0.5, 0.6) is 11.5 Å². The van der Waals surface area contributed by atoms with Crippen molar-refractivity contribution in [2.24, 2.45) is 0 Å². The molecule has 0 bridgehead atoms. The highest BCUT2D eigenvalue weighted by atomic mass is 32.2. The molecule has 2 rings (SSSR count). The molecule has 0 aromatic heterocycles. The van der Waals surface area contributed by atoms with Gasteiger partial charge in [0.15, 0.2) is 11.5 Å². The molecule has 0 saturated carbocycles. The molecule has 0 unspecified atom stereocenters. The Labute approximate surface area is 110 Å². The lowest BCUT2D eigenvalue weighted by Crippen LogP contribution is -2.25. The molecular formula is C13H13NO3S. The van der Waals surface area contributed by atoms with Crippen LogP contribution in [0.2, 0.25) is 0 Å². The molecule has 0 aliphatic carbocycles. The van der Waals surface area contributed by atoms with E-state index in [4.69, 9.17) is 15.9 Å². The molecule has 94 valence electrons. The van der Waals surface area contributed by atoms with Crippen molar-refractivity contribution < 1.29 is 14.3 Å². The second-order valence-corrected chi connectivity index (χ2v) is 4.62. The summed E-state index contributed by atoms with van der Waals surface area (Å²) in [5, 5.41) is 2.61. The molecule has 18 heavy (non-hydrogen) atoms. The molecule has 1 aliphatic rings. The summed E-state index contributed by atoms with van der Waals surface area (Å²) in [4.78, 5) is 12.3. The third kappa shape index (κ3) is 3.34. The molecule has 1 amide bonds. The summed E-state index contributed by atoms with van der Waals surface area (Å²) in [6, 6.07) is 5.65. The first-order chi connectivity index (χ1) is 8.79. The first-order valence-electron chi connectivity index (χ1n) is 5.52. The van der Waals surface area contributed by atoms with Crippen molar-refractivity contribution >= 4 is 17.7 Å². The first kappa shape index (κ1) is 12.7. The van der Waals surface area contributed by atoms with E-state index in [0.29, 0.717) is 19.0 Å². The van der Waals surface area contributed by atoms with Gasteiger partial charge in [-0.05, 0) is 18.2 Å². The Morgan fingerprint density at radius 1 is 1.39 bits per heavy atom. The maximum atomic E-state index is 11.4. The SMILES string of the molecule is C#CCNC(=O)CSc1ccc2c(c1)OCCO2. The van der Waals surface area contributed by atoms with Crippen molar-refractivity contribution in [3.63, 3.8) is 0 Å². The number of nitrogens with one attached hydrogen (secondary N) is 1. The fourth-order valence-electron chi connectivity index (χ4n) is 1.46. The van der Waals surface area contributed by atoms with E-state index in [-0.39, 0.29) is 12.5 Å². The van der Waals surface area contributed by atoms with Gasteiger partial charge in [-0.25, -0.2) is 0 Å². The number of hydrogen-bond donors (Lipinski definition) is 1. The third-order valence-corrected chi connectivity index (χ3v) is 3.26. The second kappa shape index (κ2) is 6.22. The zero-order chi connectivity index (χ0) is 12.8. The van der Waals surface area contributed by atoms with Crippen LogP contribution in [0, 0.1) is 12.3 Å². The number of hydrogen-bond acceptors (Lipinski definition) is 4. The van der Waals surface area contributed by atoms with Crippen LogP contribution in [0.15, 0.2) is 23.1 Å². The Bertz CT molecular complexity index is 482. The van der Waals surface area contributed by atoms with E-state index in [1.54, 1.807) is 0 Å². The van der Waals surface area contributed by atoms with Crippen LogP contribution in [0.4, 0.5) is 0 Å². The molecule has 1 aliphatic heterocycles. The number of amides is 1. The summed E-state index contributed by atoms with van der Waals surface area (Å²) < 4.78 is 10.9. The molecule has 4 nitrogen and oxygen atoms in total. The number of carbonyl (C=O) groups excluding carboxylic acids is 1. The van der Waals surface area contributed by atoms with E-state index < -0.39 is 0 Å². The van der Waals surface area contributed by atoms with E-state index in [0.717, 1.165) is 16.4 Å². The van der Waals surface area contributed by atoms with E-state index in [1.165, 1.54) is 11.8 Å². The molecule has 0 spiro atoms. The summed E-state index contributed by atoms with van der Waals surface area (Å²) in [6.45, 7) is 1.40. The Balaban J connectivity index is 1.90. The minimum Gasteiger partial charge on any atom is -0.486 e. The summed E-state index contributed by atoms with van der Waals surface area (Å²) in [5.74, 6) is 4.10. The Kier molecular flexibility index (Phi) is 4.37. The van der Waals surface area contributed by atoms with Gasteiger partial charge in [0.25, 0.3) is 0 Å². The van der Waals surface area contributed by atoms with Crippen LogP contribution >= 0.6 is 11.8 Å². The normalized spacial score (nSPS) is 12.6. The van der Waals surface area contributed by atoms with Crippen molar-refractivity contribution in [1.82, 2.24) is 5.32 Å². The highest BCUT2D eigenvalue weighted by molar-refractivity contribution is 8.00. The van der Waals surface area contributed by atoms with Crippen molar-refractivity contribution in [2.45, 2.75) is 4.90 Å². The number of rotatable bonds is 4. The Morgan fingerprint density at radius 3 is 2.94 bits per heavy atom. The number of carbonyl (C=O) groups is 1. The molecule has 0 saturated heterocycles. The van der Waals surface area contributed by atoms with Crippen molar-refractivity contribution in [2.75, 3.05) is 25.5 Å². The topological polar surface area (TPSA) is 47.6 Å². The maximum Gasteiger partial charge on any atom is 0.231 e. The lowest BCUT2D eigenvalue weighted by Gasteiger charge is -2.18. The minimum absolute atomic E-state index is 0.0761. The predicted molar refractivity (Wildman–Crippen MR) is 70.0 cm³/mol. The average molecular weight is 263 g/mol. The van der Waals surface area contributed by atoms with Gasteiger partial charge in [-0.15, -0.1) is 18.2 Å². The number of benzene rings is 1. The standard InChI is InChI=1S/C13H13NO3S/c1-2-5-14-13(15)9-18-10-3-4-11-12(8-10)17-7-6-16-11/h1,3-4,8H,5-7,9H2,(H,14,15). The fourth-order valence-corrected chi connectivity index (χ4v) is 2.22. The number of fused-ring (bicyclic) bond motifs is 1. The summed E-state index contributed by atoms with van der Waals surface area (Å²) in [7, 11) is 0. The fraction of sp³-hybridized carbons (Fsp3) is 0.308. The lowest BCUT2D eigenvalue weighted by molar-refractivity contribution is -0.118. The molecule has 1 heterocycles. The molecule has 1 aromatic carbocycles. The van der Waals surface area contributed by atoms with Gasteiger partial charge in [-0.3, -0.25) is 4.79 Å². The highest BCUT2D eigenvalue weighted by Crippen LogP contribution is 2.33. The maximum absolute atomic E-state index is 11.4. The average Bonchev–Trinajstić information content (AvgIpc) is 2.42. The quantitative estimate of drug-likeness (QED) is 0.657. The molecule has 1 aromatic rings. The smallest absolute Gasteiger partial charge is 0.231 e. The van der Waals surface area contributed by atoms with Gasteiger partial charge in [0, 0.05) is 4.90 Å². The van der Waals surface area contributed by atoms with Gasteiger partial charge in [0.05, 0.1) is 12.3 Å². The van der Waals surface area contributed by atoms with Gasteiger partial charge in [0.1, 0.15) is 13.2 Å². The number of thioether (sulfide) groups is 1. The van der Waals surface area contributed by atoms with Gasteiger partial charge < -0.3 is 14.8 Å². The van der Waals surface area contributed by atoms with Crippen LogP contribution in [0.3, 0.4) is 0 Å². The van der Waals surface area contributed by atoms with Crippen molar-refractivity contribution in [3.8, 4) is 23.8 Å². The Morgan fingerprint density at radius 2 is 2.17 bits per heavy atom. The molecule has 1 N–H and O–H groups in total.